The zero-order chi connectivity index (χ0) is 28.7. The molecule has 5 aromatic carbocycles. The standard InChI is InChI=1S/C37H30IN3O/c1-26(27-14-6-2-7-15-27)40-25-29-22-33-34(23-28(29)24-35(40)42)41(39-36(33)38)37(30-16-8-3-9-17-30,31-18-10-4-11-19-31)32-20-12-5-13-21-32/h2-23,26H,24-25H2,1H3/t26-/m1/s1. The molecule has 5 heteroatoms. The van der Waals surface area contributed by atoms with Crippen molar-refractivity contribution in [1.29, 1.82) is 0 Å². The number of fused-ring (bicyclic) bond motifs is 2. The third-order valence-electron chi connectivity index (χ3n) is 8.60. The van der Waals surface area contributed by atoms with Gasteiger partial charge in [-0.2, -0.15) is 5.10 Å². The highest BCUT2D eigenvalue weighted by molar-refractivity contribution is 14.1. The van der Waals surface area contributed by atoms with Crippen LogP contribution in [0.15, 0.2) is 133 Å². The molecule has 0 saturated heterocycles. The average molecular weight is 660 g/mol. The predicted octanol–water partition coefficient (Wildman–Crippen LogP) is 8.13. The summed E-state index contributed by atoms with van der Waals surface area (Å²) >= 11 is 2.37. The van der Waals surface area contributed by atoms with Crippen LogP contribution in [0.1, 0.15) is 46.3 Å². The van der Waals surface area contributed by atoms with Gasteiger partial charge in [-0.15, -0.1) is 0 Å². The molecule has 0 fully saturated rings. The van der Waals surface area contributed by atoms with E-state index in [4.69, 9.17) is 5.10 Å². The normalized spacial score (nSPS) is 14.1. The fourth-order valence-corrected chi connectivity index (χ4v) is 7.13. The van der Waals surface area contributed by atoms with E-state index < -0.39 is 5.54 Å². The van der Waals surface area contributed by atoms with Gasteiger partial charge in [0.25, 0.3) is 0 Å². The fraction of sp³-hybridized carbons (Fsp3) is 0.135. The number of carbonyl (C=O) groups excluding carboxylic acids is 1. The van der Waals surface area contributed by atoms with Crippen molar-refractivity contribution in [3.05, 3.63) is 171 Å². The molecule has 0 spiro atoms. The molecule has 42 heavy (non-hydrogen) atoms. The van der Waals surface area contributed by atoms with Crippen molar-refractivity contribution >= 4 is 39.4 Å². The number of nitrogens with zero attached hydrogens (tertiary/aromatic N) is 3. The van der Waals surface area contributed by atoms with Gasteiger partial charge in [0.05, 0.1) is 18.0 Å². The van der Waals surface area contributed by atoms with Gasteiger partial charge in [-0.25, -0.2) is 4.68 Å². The van der Waals surface area contributed by atoms with Crippen LogP contribution >= 0.6 is 22.6 Å². The van der Waals surface area contributed by atoms with E-state index in [1.165, 1.54) is 5.56 Å². The van der Waals surface area contributed by atoms with Gasteiger partial charge in [0.15, 0.2) is 0 Å². The summed E-state index contributed by atoms with van der Waals surface area (Å²) in [6, 6.07) is 46.6. The Morgan fingerprint density at radius 1 is 0.714 bits per heavy atom. The maximum atomic E-state index is 13.6. The first-order valence-corrected chi connectivity index (χ1v) is 15.4. The third kappa shape index (κ3) is 4.34. The molecule has 1 amide bonds. The van der Waals surface area contributed by atoms with Gasteiger partial charge in [0, 0.05) is 11.9 Å². The van der Waals surface area contributed by atoms with Gasteiger partial charge in [-0.05, 0) is 75.0 Å². The van der Waals surface area contributed by atoms with Crippen molar-refractivity contribution in [2.24, 2.45) is 0 Å². The lowest BCUT2D eigenvalue weighted by molar-refractivity contribution is -0.134. The van der Waals surface area contributed by atoms with Gasteiger partial charge >= 0.3 is 0 Å². The van der Waals surface area contributed by atoms with E-state index in [0.29, 0.717) is 13.0 Å². The Morgan fingerprint density at radius 3 is 1.74 bits per heavy atom. The van der Waals surface area contributed by atoms with Crippen LogP contribution in [0, 0.1) is 3.70 Å². The lowest BCUT2D eigenvalue weighted by Crippen LogP contribution is -2.39. The van der Waals surface area contributed by atoms with Crippen LogP contribution < -0.4 is 0 Å². The monoisotopic (exact) mass is 659 g/mol. The minimum Gasteiger partial charge on any atom is -0.331 e. The molecule has 6 aromatic rings. The smallest absolute Gasteiger partial charge is 0.227 e. The Bertz CT molecular complexity index is 1770. The zero-order valence-electron chi connectivity index (χ0n) is 23.3. The van der Waals surface area contributed by atoms with Crippen molar-refractivity contribution < 1.29 is 4.79 Å². The summed E-state index contributed by atoms with van der Waals surface area (Å²) in [4.78, 5) is 15.6. The number of hydrogen-bond donors (Lipinski definition) is 0. The molecule has 0 N–H and O–H groups in total. The molecule has 0 aliphatic carbocycles. The molecule has 1 aliphatic heterocycles. The summed E-state index contributed by atoms with van der Waals surface area (Å²) in [6.07, 6.45) is 0.374. The molecule has 206 valence electrons. The van der Waals surface area contributed by atoms with E-state index in [2.05, 4.69) is 149 Å². The van der Waals surface area contributed by atoms with Crippen LogP contribution in [0.25, 0.3) is 10.9 Å². The number of rotatable bonds is 6. The maximum absolute atomic E-state index is 13.6. The zero-order valence-corrected chi connectivity index (χ0v) is 25.5. The van der Waals surface area contributed by atoms with Gasteiger partial charge < -0.3 is 4.90 Å². The largest absolute Gasteiger partial charge is 0.331 e. The third-order valence-corrected chi connectivity index (χ3v) is 9.40. The molecule has 0 unspecified atom stereocenters. The summed E-state index contributed by atoms with van der Waals surface area (Å²) in [6.45, 7) is 2.70. The van der Waals surface area contributed by atoms with Crippen LogP contribution in [0.4, 0.5) is 0 Å². The van der Waals surface area contributed by atoms with Crippen LogP contribution in [-0.2, 0) is 23.3 Å². The Balaban J connectivity index is 1.45. The van der Waals surface area contributed by atoms with Crippen molar-refractivity contribution in [2.75, 3.05) is 0 Å². The number of hydrogen-bond acceptors (Lipinski definition) is 2. The molecule has 0 saturated carbocycles. The maximum Gasteiger partial charge on any atom is 0.227 e. The predicted molar refractivity (Wildman–Crippen MR) is 176 cm³/mol. The van der Waals surface area contributed by atoms with Gasteiger partial charge in [0.1, 0.15) is 9.24 Å². The molecule has 1 aromatic heterocycles. The minimum atomic E-state index is -0.716. The van der Waals surface area contributed by atoms with Crippen molar-refractivity contribution in [2.45, 2.75) is 31.5 Å². The Morgan fingerprint density at radius 2 is 1.21 bits per heavy atom. The highest BCUT2D eigenvalue weighted by Gasteiger charge is 2.41. The highest BCUT2D eigenvalue weighted by atomic mass is 127. The summed E-state index contributed by atoms with van der Waals surface area (Å²) in [5, 5.41) is 6.39. The summed E-state index contributed by atoms with van der Waals surface area (Å²) in [5.74, 6) is 0.152. The van der Waals surface area contributed by atoms with Gasteiger partial charge in [-0.3, -0.25) is 4.79 Å². The van der Waals surface area contributed by atoms with E-state index in [9.17, 15) is 4.79 Å². The molecule has 4 nitrogen and oxygen atoms in total. The number of carbonyl (C=O) groups is 1. The van der Waals surface area contributed by atoms with Crippen molar-refractivity contribution in [3.63, 3.8) is 0 Å². The molecular formula is C37H30IN3O. The summed E-state index contributed by atoms with van der Waals surface area (Å²) in [5.41, 5.74) is 7.09. The van der Waals surface area contributed by atoms with E-state index in [0.717, 1.165) is 42.4 Å². The van der Waals surface area contributed by atoms with E-state index in [1.54, 1.807) is 0 Å². The summed E-state index contributed by atoms with van der Waals surface area (Å²) < 4.78 is 3.13. The Labute approximate surface area is 259 Å². The lowest BCUT2D eigenvalue weighted by atomic mass is 9.77. The van der Waals surface area contributed by atoms with Crippen LogP contribution in [0.2, 0.25) is 0 Å². The molecule has 1 aliphatic rings. The Kier molecular flexibility index (Phi) is 6.90. The highest BCUT2D eigenvalue weighted by Crippen LogP contribution is 2.43. The average Bonchev–Trinajstić information content (AvgIpc) is 3.36. The second-order valence-electron chi connectivity index (χ2n) is 10.9. The molecule has 7 rings (SSSR count). The number of halogens is 1. The summed E-state index contributed by atoms with van der Waals surface area (Å²) in [7, 11) is 0. The lowest BCUT2D eigenvalue weighted by Gasteiger charge is -2.37. The fourth-order valence-electron chi connectivity index (χ4n) is 6.49. The van der Waals surface area contributed by atoms with Crippen LogP contribution in [0.5, 0.6) is 0 Å². The van der Waals surface area contributed by atoms with Crippen molar-refractivity contribution in [3.8, 4) is 0 Å². The molecule has 2 heterocycles. The van der Waals surface area contributed by atoms with E-state index >= 15 is 0 Å². The second-order valence-corrected chi connectivity index (χ2v) is 12.0. The molecule has 0 radical (unpaired) electrons. The molecule has 1 atom stereocenters. The molecule has 0 bridgehead atoms. The topological polar surface area (TPSA) is 38.1 Å². The quantitative estimate of drug-likeness (QED) is 0.134. The van der Waals surface area contributed by atoms with E-state index in [-0.39, 0.29) is 11.9 Å². The first-order valence-electron chi connectivity index (χ1n) is 14.3. The van der Waals surface area contributed by atoms with E-state index in [1.807, 2.05) is 23.1 Å². The van der Waals surface area contributed by atoms with Gasteiger partial charge in [0.2, 0.25) is 5.91 Å². The van der Waals surface area contributed by atoms with Crippen LogP contribution in [-0.4, -0.2) is 20.6 Å². The first kappa shape index (κ1) is 26.7. The number of amides is 1. The molecular weight excluding hydrogens is 629 g/mol. The first-order chi connectivity index (χ1) is 20.6. The number of benzene rings is 5. The number of aromatic nitrogens is 2. The SMILES string of the molecule is C[C@H](c1ccccc1)N1Cc2cc3c(I)nn(C(c4ccccc4)(c4ccccc4)c4ccccc4)c3cc2CC1=O. The second kappa shape index (κ2) is 10.9. The van der Waals surface area contributed by atoms with Gasteiger partial charge in [-0.1, -0.05) is 121 Å². The van der Waals surface area contributed by atoms with Crippen LogP contribution in [0.3, 0.4) is 0 Å². The Hall–Kier alpha value is -4.23. The minimum absolute atomic E-state index is 0.00577. The van der Waals surface area contributed by atoms with Crippen molar-refractivity contribution in [1.82, 2.24) is 14.7 Å².